The van der Waals surface area contributed by atoms with Crippen LogP contribution in [0.5, 0.6) is 0 Å². The minimum absolute atomic E-state index is 0.625. The van der Waals surface area contributed by atoms with Gasteiger partial charge in [-0.05, 0) is 26.0 Å². The molecule has 0 radical (unpaired) electrons. The van der Waals surface area contributed by atoms with E-state index in [1.807, 2.05) is 32.5 Å². The van der Waals surface area contributed by atoms with Gasteiger partial charge in [-0.25, -0.2) is 4.98 Å². The molecule has 0 saturated heterocycles. The SMILES string of the molecule is Cc1nc(CSC(C)C)sc1C(C)(C)O. The van der Waals surface area contributed by atoms with Crippen molar-refractivity contribution in [1.29, 1.82) is 0 Å². The van der Waals surface area contributed by atoms with Crippen molar-refractivity contribution < 1.29 is 5.11 Å². The first kappa shape index (κ1) is 13.0. The number of aromatic nitrogens is 1. The Morgan fingerprint density at radius 2 is 2.07 bits per heavy atom. The molecule has 0 atom stereocenters. The Labute approximate surface area is 100 Å². The lowest BCUT2D eigenvalue weighted by molar-refractivity contribution is 0.0817. The van der Waals surface area contributed by atoms with Crippen LogP contribution in [0.1, 0.15) is 43.3 Å². The van der Waals surface area contributed by atoms with E-state index in [1.165, 1.54) is 0 Å². The van der Waals surface area contributed by atoms with Crippen molar-refractivity contribution >= 4 is 23.1 Å². The van der Waals surface area contributed by atoms with Gasteiger partial charge in [0.25, 0.3) is 0 Å². The third kappa shape index (κ3) is 3.78. The van der Waals surface area contributed by atoms with E-state index in [1.54, 1.807) is 11.3 Å². The summed E-state index contributed by atoms with van der Waals surface area (Å²) in [6, 6.07) is 0. The Hall–Kier alpha value is -0.0600. The number of hydrogen-bond acceptors (Lipinski definition) is 4. The highest BCUT2D eigenvalue weighted by Gasteiger charge is 2.22. The second-order valence-electron chi connectivity index (χ2n) is 4.44. The highest BCUT2D eigenvalue weighted by molar-refractivity contribution is 7.99. The number of rotatable bonds is 4. The average Bonchev–Trinajstić information content (AvgIpc) is 2.42. The van der Waals surface area contributed by atoms with Crippen molar-refractivity contribution in [2.24, 2.45) is 0 Å². The first-order chi connectivity index (χ1) is 6.80. The third-order valence-corrected chi connectivity index (χ3v) is 4.70. The van der Waals surface area contributed by atoms with Gasteiger partial charge in [-0.1, -0.05) is 13.8 Å². The number of hydrogen-bond donors (Lipinski definition) is 1. The second-order valence-corrected chi connectivity index (χ2v) is 7.09. The lowest BCUT2D eigenvalue weighted by atomic mass is 10.1. The van der Waals surface area contributed by atoms with Gasteiger partial charge < -0.3 is 5.11 Å². The van der Waals surface area contributed by atoms with Crippen molar-refractivity contribution in [3.05, 3.63) is 15.6 Å². The summed E-state index contributed by atoms with van der Waals surface area (Å²) in [5.41, 5.74) is 0.203. The zero-order valence-electron chi connectivity index (χ0n) is 10.00. The van der Waals surface area contributed by atoms with E-state index in [0.29, 0.717) is 5.25 Å². The van der Waals surface area contributed by atoms with Crippen LogP contribution in [-0.2, 0) is 11.4 Å². The number of thiazole rings is 1. The maximum Gasteiger partial charge on any atom is 0.103 e. The summed E-state index contributed by atoms with van der Waals surface area (Å²) in [5.74, 6) is 0.944. The van der Waals surface area contributed by atoms with E-state index >= 15 is 0 Å². The number of aryl methyl sites for hydroxylation is 1. The van der Waals surface area contributed by atoms with Crippen molar-refractivity contribution in [1.82, 2.24) is 4.98 Å². The van der Waals surface area contributed by atoms with Crippen LogP contribution in [0.4, 0.5) is 0 Å². The van der Waals surface area contributed by atoms with E-state index in [4.69, 9.17) is 0 Å². The Balaban J connectivity index is 2.78. The minimum Gasteiger partial charge on any atom is -0.385 e. The van der Waals surface area contributed by atoms with Crippen LogP contribution >= 0.6 is 23.1 Å². The quantitative estimate of drug-likeness (QED) is 0.883. The minimum atomic E-state index is -0.761. The molecule has 1 N–H and O–H groups in total. The van der Waals surface area contributed by atoms with Gasteiger partial charge in [-0.15, -0.1) is 11.3 Å². The van der Waals surface area contributed by atoms with Crippen LogP contribution in [0.25, 0.3) is 0 Å². The molecule has 1 heterocycles. The first-order valence-electron chi connectivity index (χ1n) is 5.11. The normalized spacial score (nSPS) is 12.5. The highest BCUT2D eigenvalue weighted by Crippen LogP contribution is 2.31. The fraction of sp³-hybridized carbons (Fsp3) is 0.727. The van der Waals surface area contributed by atoms with Gasteiger partial charge in [0.05, 0.1) is 16.2 Å². The zero-order valence-corrected chi connectivity index (χ0v) is 11.6. The van der Waals surface area contributed by atoms with E-state index in [9.17, 15) is 5.11 Å². The largest absolute Gasteiger partial charge is 0.385 e. The van der Waals surface area contributed by atoms with Crippen molar-refractivity contribution in [2.75, 3.05) is 0 Å². The van der Waals surface area contributed by atoms with E-state index < -0.39 is 5.60 Å². The summed E-state index contributed by atoms with van der Waals surface area (Å²) < 4.78 is 0. The fourth-order valence-electron chi connectivity index (χ4n) is 1.32. The van der Waals surface area contributed by atoms with Gasteiger partial charge in [0, 0.05) is 5.75 Å². The number of nitrogens with zero attached hydrogens (tertiary/aromatic N) is 1. The Morgan fingerprint density at radius 3 is 2.47 bits per heavy atom. The van der Waals surface area contributed by atoms with Crippen LogP contribution in [0.3, 0.4) is 0 Å². The molecule has 0 aliphatic carbocycles. The maximum atomic E-state index is 9.92. The Morgan fingerprint density at radius 1 is 1.47 bits per heavy atom. The van der Waals surface area contributed by atoms with Gasteiger partial charge in [-0.3, -0.25) is 0 Å². The maximum absolute atomic E-state index is 9.92. The lowest BCUT2D eigenvalue weighted by Crippen LogP contribution is -2.14. The molecule has 1 aromatic rings. The third-order valence-electron chi connectivity index (χ3n) is 1.94. The molecule has 4 heteroatoms. The van der Waals surface area contributed by atoms with Crippen LogP contribution in [0.15, 0.2) is 0 Å². The molecule has 0 aromatic carbocycles. The predicted octanol–water partition coefficient (Wildman–Crippen LogP) is 3.32. The Bertz CT molecular complexity index is 326. The van der Waals surface area contributed by atoms with Crippen LogP contribution in [0.2, 0.25) is 0 Å². The molecule has 0 fully saturated rings. The average molecular weight is 245 g/mol. The molecule has 1 aromatic heterocycles. The van der Waals surface area contributed by atoms with E-state index in [-0.39, 0.29) is 0 Å². The molecule has 0 unspecified atom stereocenters. The molecule has 1 rings (SSSR count). The van der Waals surface area contributed by atoms with Gasteiger partial charge in [0.1, 0.15) is 5.01 Å². The molecule has 2 nitrogen and oxygen atoms in total. The van der Waals surface area contributed by atoms with Gasteiger partial charge in [0.15, 0.2) is 0 Å². The number of aliphatic hydroxyl groups is 1. The molecule has 0 spiro atoms. The molecule has 0 aliphatic rings. The molecule has 86 valence electrons. The van der Waals surface area contributed by atoms with Crippen molar-refractivity contribution in [3.63, 3.8) is 0 Å². The topological polar surface area (TPSA) is 33.1 Å². The molecule has 0 bridgehead atoms. The highest BCUT2D eigenvalue weighted by atomic mass is 32.2. The molecule has 15 heavy (non-hydrogen) atoms. The van der Waals surface area contributed by atoms with Crippen LogP contribution in [-0.4, -0.2) is 15.3 Å². The standard InChI is InChI=1S/C11H19NOS2/c1-7(2)14-6-9-12-8(3)10(15-9)11(4,5)13/h7,13H,6H2,1-5H3. The monoisotopic (exact) mass is 245 g/mol. The number of thioether (sulfide) groups is 1. The zero-order chi connectivity index (χ0) is 11.6. The summed E-state index contributed by atoms with van der Waals surface area (Å²) in [7, 11) is 0. The summed E-state index contributed by atoms with van der Waals surface area (Å²) >= 11 is 3.51. The smallest absolute Gasteiger partial charge is 0.103 e. The van der Waals surface area contributed by atoms with E-state index in [2.05, 4.69) is 18.8 Å². The molecule has 0 aliphatic heterocycles. The van der Waals surface area contributed by atoms with Crippen LogP contribution < -0.4 is 0 Å². The van der Waals surface area contributed by atoms with Crippen LogP contribution in [0, 0.1) is 6.92 Å². The van der Waals surface area contributed by atoms with Gasteiger partial charge in [0.2, 0.25) is 0 Å². The molecule has 0 amide bonds. The second kappa shape index (κ2) is 4.85. The summed E-state index contributed by atoms with van der Waals surface area (Å²) in [6.45, 7) is 9.96. The predicted molar refractivity (Wildman–Crippen MR) is 68.5 cm³/mol. The van der Waals surface area contributed by atoms with Crippen molar-refractivity contribution in [3.8, 4) is 0 Å². The summed E-state index contributed by atoms with van der Waals surface area (Å²) in [4.78, 5) is 5.47. The molecular formula is C11H19NOS2. The lowest BCUT2D eigenvalue weighted by Gasteiger charge is -2.14. The van der Waals surface area contributed by atoms with Gasteiger partial charge >= 0.3 is 0 Å². The summed E-state index contributed by atoms with van der Waals surface area (Å²) in [6.07, 6.45) is 0. The molecule has 0 saturated carbocycles. The van der Waals surface area contributed by atoms with Crippen molar-refractivity contribution in [2.45, 2.75) is 51.2 Å². The Kier molecular flexibility index (Phi) is 4.20. The van der Waals surface area contributed by atoms with E-state index in [0.717, 1.165) is 21.3 Å². The fourth-order valence-corrected chi connectivity index (χ4v) is 3.16. The van der Waals surface area contributed by atoms with Gasteiger partial charge in [-0.2, -0.15) is 11.8 Å². The first-order valence-corrected chi connectivity index (χ1v) is 6.98. The summed E-state index contributed by atoms with van der Waals surface area (Å²) in [5, 5.41) is 11.7. The molecular weight excluding hydrogens is 226 g/mol.